The molecule has 0 aliphatic carbocycles. The monoisotopic (exact) mass is 312 g/mol. The van der Waals surface area contributed by atoms with Gasteiger partial charge in [-0.05, 0) is 37.8 Å². The summed E-state index contributed by atoms with van der Waals surface area (Å²) in [6, 6.07) is 4.05. The molecule has 21 heavy (non-hydrogen) atoms. The molecule has 0 saturated heterocycles. The van der Waals surface area contributed by atoms with Crippen LogP contribution >= 0.6 is 11.8 Å². The molecule has 0 aliphatic heterocycles. The summed E-state index contributed by atoms with van der Waals surface area (Å²) in [5.41, 5.74) is 1.08. The van der Waals surface area contributed by atoms with Crippen LogP contribution < -0.4 is 20.1 Å². The Morgan fingerprint density at radius 1 is 1.24 bits per heavy atom. The summed E-state index contributed by atoms with van der Waals surface area (Å²) in [7, 11) is 3.24. The molecule has 0 fully saturated rings. The third kappa shape index (κ3) is 5.47. The van der Waals surface area contributed by atoms with Gasteiger partial charge in [0.2, 0.25) is 5.91 Å². The van der Waals surface area contributed by atoms with Crippen molar-refractivity contribution >= 4 is 17.7 Å². The van der Waals surface area contributed by atoms with Gasteiger partial charge in [-0.1, -0.05) is 0 Å². The van der Waals surface area contributed by atoms with Crippen LogP contribution in [0.3, 0.4) is 0 Å². The summed E-state index contributed by atoms with van der Waals surface area (Å²) in [4.78, 5) is 12.7. The molecule has 1 aromatic rings. The van der Waals surface area contributed by atoms with E-state index in [2.05, 4.69) is 10.6 Å². The number of rotatable bonds is 8. The summed E-state index contributed by atoms with van der Waals surface area (Å²) in [5.74, 6) is 1.40. The molecule has 0 unspecified atom stereocenters. The average Bonchev–Trinajstić information content (AvgIpc) is 2.45. The molecule has 2 N–H and O–H groups in total. The Balaban J connectivity index is 2.71. The van der Waals surface area contributed by atoms with Gasteiger partial charge in [-0.15, -0.1) is 11.8 Å². The maximum Gasteiger partial charge on any atom is 0.234 e. The maximum absolute atomic E-state index is 11.6. The third-order valence-electron chi connectivity index (χ3n) is 2.84. The Labute approximate surface area is 130 Å². The predicted octanol–water partition coefficient (Wildman–Crippen LogP) is 2.04. The molecule has 118 valence electrons. The van der Waals surface area contributed by atoms with Gasteiger partial charge < -0.3 is 20.1 Å². The number of ether oxygens (including phenoxy) is 2. The molecule has 0 bridgehead atoms. The highest BCUT2D eigenvalue weighted by molar-refractivity contribution is 7.98. The van der Waals surface area contributed by atoms with Crippen LogP contribution in [0.1, 0.15) is 19.4 Å². The number of thioether (sulfide) groups is 1. The first-order chi connectivity index (χ1) is 10.0. The molecule has 0 atom stereocenters. The van der Waals surface area contributed by atoms with Crippen LogP contribution in [-0.2, 0) is 11.3 Å². The zero-order valence-electron chi connectivity index (χ0n) is 13.3. The van der Waals surface area contributed by atoms with Crippen molar-refractivity contribution in [2.75, 3.05) is 27.0 Å². The fourth-order valence-corrected chi connectivity index (χ4v) is 2.53. The van der Waals surface area contributed by atoms with Crippen molar-refractivity contribution in [2.45, 2.75) is 31.3 Å². The number of benzene rings is 1. The van der Waals surface area contributed by atoms with Crippen molar-refractivity contribution in [1.82, 2.24) is 10.6 Å². The first-order valence-corrected chi connectivity index (χ1v) is 8.03. The third-order valence-corrected chi connectivity index (χ3v) is 3.66. The lowest BCUT2D eigenvalue weighted by Crippen LogP contribution is -2.37. The van der Waals surface area contributed by atoms with Crippen LogP contribution in [0.15, 0.2) is 17.0 Å². The van der Waals surface area contributed by atoms with Gasteiger partial charge in [0, 0.05) is 17.5 Å². The number of hydrogen-bond acceptors (Lipinski definition) is 5. The minimum absolute atomic E-state index is 0.00354. The van der Waals surface area contributed by atoms with E-state index < -0.39 is 0 Å². The summed E-state index contributed by atoms with van der Waals surface area (Å²) in [5, 5.41) is 6.00. The first kappa shape index (κ1) is 17.7. The van der Waals surface area contributed by atoms with Gasteiger partial charge >= 0.3 is 0 Å². The van der Waals surface area contributed by atoms with Crippen molar-refractivity contribution in [2.24, 2.45) is 0 Å². The Kier molecular flexibility index (Phi) is 7.39. The van der Waals surface area contributed by atoms with Crippen molar-refractivity contribution < 1.29 is 14.3 Å². The van der Waals surface area contributed by atoms with Gasteiger partial charge in [-0.2, -0.15) is 0 Å². The van der Waals surface area contributed by atoms with E-state index in [0.29, 0.717) is 24.6 Å². The number of hydrogen-bond donors (Lipinski definition) is 2. The largest absolute Gasteiger partial charge is 0.493 e. The standard InChI is InChI=1S/C15H24N2O3S/c1-10(2)17-15(18)9-16-8-11-6-12(19-3)13(20-4)7-14(11)21-5/h6-7,10,16H,8-9H2,1-5H3,(H,17,18). The molecule has 0 saturated carbocycles. The van der Waals surface area contributed by atoms with Crippen molar-refractivity contribution in [3.63, 3.8) is 0 Å². The molecule has 0 aromatic heterocycles. The van der Waals surface area contributed by atoms with Crippen LogP contribution in [-0.4, -0.2) is 39.0 Å². The van der Waals surface area contributed by atoms with E-state index >= 15 is 0 Å². The predicted molar refractivity (Wildman–Crippen MR) is 86.3 cm³/mol. The maximum atomic E-state index is 11.6. The lowest BCUT2D eigenvalue weighted by atomic mass is 10.2. The normalized spacial score (nSPS) is 10.6. The molecule has 0 spiro atoms. The van der Waals surface area contributed by atoms with E-state index in [1.807, 2.05) is 32.2 Å². The van der Waals surface area contributed by atoms with E-state index in [1.165, 1.54) is 0 Å². The highest BCUT2D eigenvalue weighted by Crippen LogP contribution is 2.34. The zero-order valence-corrected chi connectivity index (χ0v) is 14.1. The molecule has 1 aromatic carbocycles. The van der Waals surface area contributed by atoms with E-state index in [1.54, 1.807) is 26.0 Å². The lowest BCUT2D eigenvalue weighted by Gasteiger charge is -2.14. The average molecular weight is 312 g/mol. The molecule has 5 nitrogen and oxygen atoms in total. The molecule has 6 heteroatoms. The Morgan fingerprint density at radius 3 is 2.38 bits per heavy atom. The number of carbonyl (C=O) groups excluding carboxylic acids is 1. The van der Waals surface area contributed by atoms with E-state index in [4.69, 9.17) is 9.47 Å². The van der Waals surface area contributed by atoms with Crippen molar-refractivity contribution in [1.29, 1.82) is 0 Å². The van der Waals surface area contributed by atoms with Gasteiger partial charge in [0.25, 0.3) is 0 Å². The first-order valence-electron chi connectivity index (χ1n) is 6.80. The van der Waals surface area contributed by atoms with Gasteiger partial charge in [0.05, 0.1) is 20.8 Å². The number of amides is 1. The lowest BCUT2D eigenvalue weighted by molar-refractivity contribution is -0.120. The quantitative estimate of drug-likeness (QED) is 0.719. The van der Waals surface area contributed by atoms with Crippen molar-refractivity contribution in [3.05, 3.63) is 17.7 Å². The topological polar surface area (TPSA) is 59.6 Å². The molecule has 0 heterocycles. The number of methoxy groups -OCH3 is 2. The van der Waals surface area contributed by atoms with Crippen LogP contribution in [0.5, 0.6) is 11.5 Å². The zero-order chi connectivity index (χ0) is 15.8. The molecular weight excluding hydrogens is 288 g/mol. The summed E-state index contributed by atoms with van der Waals surface area (Å²) in [6.45, 7) is 4.78. The fraction of sp³-hybridized carbons (Fsp3) is 0.533. The Bertz CT molecular complexity index is 478. The van der Waals surface area contributed by atoms with Crippen LogP contribution in [0.2, 0.25) is 0 Å². The smallest absolute Gasteiger partial charge is 0.234 e. The van der Waals surface area contributed by atoms with E-state index in [-0.39, 0.29) is 11.9 Å². The minimum atomic E-state index is -0.00354. The van der Waals surface area contributed by atoms with Gasteiger partial charge in [-0.3, -0.25) is 4.79 Å². The van der Waals surface area contributed by atoms with Crippen LogP contribution in [0.25, 0.3) is 0 Å². The highest BCUT2D eigenvalue weighted by atomic mass is 32.2. The van der Waals surface area contributed by atoms with Gasteiger partial charge in [0.1, 0.15) is 0 Å². The molecule has 0 aliphatic rings. The second-order valence-corrected chi connectivity index (χ2v) is 5.69. The SMILES string of the molecule is COc1cc(CNCC(=O)NC(C)C)c(SC)cc1OC. The summed E-state index contributed by atoms with van der Waals surface area (Å²) >= 11 is 1.64. The van der Waals surface area contributed by atoms with E-state index in [9.17, 15) is 4.79 Å². The van der Waals surface area contributed by atoms with Crippen LogP contribution in [0, 0.1) is 0 Å². The summed E-state index contributed by atoms with van der Waals surface area (Å²) in [6.07, 6.45) is 2.01. The summed E-state index contributed by atoms with van der Waals surface area (Å²) < 4.78 is 10.6. The molecule has 1 rings (SSSR count). The highest BCUT2D eigenvalue weighted by Gasteiger charge is 2.11. The second kappa shape index (κ2) is 8.79. The number of carbonyl (C=O) groups is 1. The number of nitrogens with one attached hydrogen (secondary N) is 2. The second-order valence-electron chi connectivity index (χ2n) is 4.84. The van der Waals surface area contributed by atoms with Gasteiger partial charge in [-0.25, -0.2) is 0 Å². The van der Waals surface area contributed by atoms with Crippen molar-refractivity contribution in [3.8, 4) is 11.5 Å². The minimum Gasteiger partial charge on any atom is -0.493 e. The van der Waals surface area contributed by atoms with E-state index in [0.717, 1.165) is 10.5 Å². The molecule has 0 radical (unpaired) electrons. The molecular formula is C15H24N2O3S. The van der Waals surface area contributed by atoms with Gasteiger partial charge in [0.15, 0.2) is 11.5 Å². The van der Waals surface area contributed by atoms with Crippen LogP contribution in [0.4, 0.5) is 0 Å². The molecule has 1 amide bonds. The Hall–Kier alpha value is -1.40. The Morgan fingerprint density at radius 2 is 1.86 bits per heavy atom. The fourth-order valence-electron chi connectivity index (χ4n) is 1.91.